The second kappa shape index (κ2) is 17.9. The molecule has 1 saturated heterocycles. The van der Waals surface area contributed by atoms with Crippen LogP contribution in [0.1, 0.15) is 44.9 Å². The fourth-order valence-corrected chi connectivity index (χ4v) is 10.1. The van der Waals surface area contributed by atoms with Gasteiger partial charge in [-0.1, -0.05) is 187 Å². The molecule has 1 N–H and O–H groups in total. The number of carboxylic acids is 1. The fourth-order valence-electron chi connectivity index (χ4n) is 10.1. The van der Waals surface area contributed by atoms with Gasteiger partial charge in [-0.15, -0.1) is 5.10 Å². The second-order valence-electron chi connectivity index (χ2n) is 19.6. The number of likely N-dealkylation sites (tertiary alicyclic amines) is 1. The molecule has 70 heavy (non-hydrogen) atoms. The topological polar surface area (TPSA) is 97.5 Å². The number of hydrogen-bond donors (Lipinski definition) is 1. The Morgan fingerprint density at radius 3 is 1.23 bits per heavy atom. The molecular weight excluding hydrogens is 865 g/mol. The van der Waals surface area contributed by atoms with E-state index >= 15 is 0 Å². The highest BCUT2D eigenvalue weighted by atomic mass is 16.6. The van der Waals surface area contributed by atoms with Crippen LogP contribution >= 0.6 is 0 Å². The highest BCUT2D eigenvalue weighted by Gasteiger charge is 2.52. The first-order valence-electron chi connectivity index (χ1n) is 23.9. The lowest BCUT2D eigenvalue weighted by Gasteiger charge is -2.35. The number of hydrogen-bond acceptors (Lipinski definition) is 5. The standard InChI is InChI=1S/C62H52N4O4/c1-61(2,3)70-60(69)66-36-4-35-62(66,59(67)68)38-57-40-65(64-63-57)39-56-37-55-33-34-58(56)54-31-29-52(30-32-54)50-23-21-48(22-24-50)46-15-13-44(14-16-46)42-7-5-41(6-8-42)43-9-11-45(12-10-43)47-17-19-49(20-18-47)51-25-27-53(55)28-26-51/h5-34,37,40H,4,35-36,38-39H2,1-3H3,(H,67,68)/t62-/m1/s1. The van der Waals surface area contributed by atoms with Gasteiger partial charge in [-0.2, -0.15) is 0 Å². The first kappa shape index (κ1) is 44.2. The van der Waals surface area contributed by atoms with Crippen molar-refractivity contribution in [2.45, 2.75) is 57.7 Å². The van der Waals surface area contributed by atoms with Crippen molar-refractivity contribution < 1.29 is 19.4 Å². The molecule has 1 atom stereocenters. The summed E-state index contributed by atoms with van der Waals surface area (Å²) >= 11 is 0. The van der Waals surface area contributed by atoms with Crippen molar-refractivity contribution in [3.63, 3.8) is 0 Å². The Morgan fingerprint density at radius 1 is 0.529 bits per heavy atom. The van der Waals surface area contributed by atoms with Gasteiger partial charge in [-0.3, -0.25) is 4.90 Å². The highest BCUT2D eigenvalue weighted by Crippen LogP contribution is 2.37. The number of aromatic nitrogens is 3. The minimum atomic E-state index is -1.48. The van der Waals surface area contributed by atoms with Crippen LogP contribution in [0.15, 0.2) is 194 Å². The maximum Gasteiger partial charge on any atom is 0.411 e. The number of nitrogens with zero attached hydrogens (tertiary/aromatic N) is 4. The van der Waals surface area contributed by atoms with Crippen molar-refractivity contribution >= 4 is 12.1 Å². The van der Waals surface area contributed by atoms with E-state index in [1.54, 1.807) is 31.6 Å². The van der Waals surface area contributed by atoms with Gasteiger partial charge in [0.15, 0.2) is 0 Å². The third-order valence-corrected chi connectivity index (χ3v) is 13.8. The van der Waals surface area contributed by atoms with Crippen LogP contribution in [0.2, 0.25) is 0 Å². The number of carboxylic acid groups (broad SMARTS) is 1. The van der Waals surface area contributed by atoms with Gasteiger partial charge in [0.1, 0.15) is 11.1 Å². The lowest BCUT2D eigenvalue weighted by Crippen LogP contribution is -2.55. The number of benzene rings is 8. The average molecular weight is 917 g/mol. The van der Waals surface area contributed by atoms with Crippen molar-refractivity contribution in [1.82, 2.24) is 19.9 Å². The maximum absolute atomic E-state index is 13.3. The Bertz CT molecular complexity index is 3350. The zero-order valence-corrected chi connectivity index (χ0v) is 39.5. The third kappa shape index (κ3) is 8.80. The molecule has 8 aromatic carbocycles. The molecule has 344 valence electrons. The molecule has 22 aliphatic carbocycles. The molecule has 0 unspecified atom stereocenters. The summed E-state index contributed by atoms with van der Waals surface area (Å²) in [6.07, 6.45) is 2.02. The Labute approximate surface area is 408 Å². The number of carbonyl (C=O) groups is 2. The summed E-state index contributed by atoms with van der Waals surface area (Å²) in [5.41, 5.74) is 17.4. The lowest BCUT2D eigenvalue weighted by molar-refractivity contribution is -0.149. The largest absolute Gasteiger partial charge is 0.479 e. The molecule has 9 aromatic rings. The number of ether oxygens (including phenoxy) is 1. The van der Waals surface area contributed by atoms with Crippen molar-refractivity contribution in [1.29, 1.82) is 0 Å². The lowest BCUT2D eigenvalue weighted by atomic mass is 9.90. The zero-order valence-electron chi connectivity index (χ0n) is 39.5. The van der Waals surface area contributed by atoms with E-state index in [0.717, 1.165) is 66.8 Å². The van der Waals surface area contributed by atoms with Crippen LogP contribution in [0, 0.1) is 0 Å². The predicted molar refractivity (Wildman–Crippen MR) is 279 cm³/mol. The van der Waals surface area contributed by atoms with Gasteiger partial charge in [0, 0.05) is 19.2 Å². The van der Waals surface area contributed by atoms with E-state index < -0.39 is 23.2 Å². The van der Waals surface area contributed by atoms with Crippen molar-refractivity contribution in [3.05, 3.63) is 206 Å². The number of carbonyl (C=O) groups excluding carboxylic acids is 1. The third-order valence-electron chi connectivity index (χ3n) is 13.8. The molecule has 2 heterocycles. The summed E-state index contributed by atoms with van der Waals surface area (Å²) in [5.74, 6) is -1.08. The Kier molecular flexibility index (Phi) is 11.3. The summed E-state index contributed by atoms with van der Waals surface area (Å²) in [7, 11) is 0. The van der Waals surface area contributed by atoms with Crippen LogP contribution in [-0.2, 0) is 22.5 Å². The van der Waals surface area contributed by atoms with Crippen LogP contribution in [0.5, 0.6) is 0 Å². The molecule has 1 aromatic heterocycles. The van der Waals surface area contributed by atoms with Crippen LogP contribution in [-0.4, -0.2) is 54.7 Å². The van der Waals surface area contributed by atoms with Crippen LogP contribution in [0.25, 0.3) is 89.0 Å². The Balaban J connectivity index is 0.938. The normalized spacial score (nSPS) is 14.9. The minimum Gasteiger partial charge on any atom is -0.479 e. The SMILES string of the molecule is CC(C)(C)OC(=O)N1CCC[C@@]1(Cc1cn(Cc2cc3ccc2-c2ccc(cc2)-c2ccc(cc2)-c2ccc(cc2)-c2ccc(cc2)-c2ccc(cc2)-c2ccc(cc2)-c2ccc-3cc2)nn1)C(=O)O. The van der Waals surface area contributed by atoms with Gasteiger partial charge in [-0.25, -0.2) is 14.3 Å². The number of amides is 1. The van der Waals surface area contributed by atoms with E-state index in [0.29, 0.717) is 31.6 Å². The summed E-state index contributed by atoms with van der Waals surface area (Å²) in [6, 6.07) is 67.8. The minimum absolute atomic E-state index is 0.0141. The summed E-state index contributed by atoms with van der Waals surface area (Å²) in [5, 5.41) is 19.6. The molecule has 23 aliphatic rings. The molecule has 1 fully saturated rings. The molecule has 0 spiro atoms. The first-order valence-corrected chi connectivity index (χ1v) is 23.9. The van der Waals surface area contributed by atoms with Gasteiger partial charge >= 0.3 is 12.1 Å². The molecule has 16 bridgehead atoms. The molecular formula is C62H52N4O4. The van der Waals surface area contributed by atoms with E-state index in [1.165, 1.54) is 32.7 Å². The van der Waals surface area contributed by atoms with Crippen molar-refractivity contribution in [2.75, 3.05) is 6.54 Å². The molecule has 8 heteroatoms. The van der Waals surface area contributed by atoms with E-state index in [-0.39, 0.29) is 6.42 Å². The zero-order chi connectivity index (χ0) is 48.0. The van der Waals surface area contributed by atoms with Crippen LogP contribution in [0.3, 0.4) is 0 Å². The maximum atomic E-state index is 13.3. The van der Waals surface area contributed by atoms with Gasteiger partial charge in [0.2, 0.25) is 0 Å². The Hall–Kier alpha value is -8.36. The summed E-state index contributed by atoms with van der Waals surface area (Å²) in [4.78, 5) is 27.7. The van der Waals surface area contributed by atoms with Crippen LogP contribution < -0.4 is 0 Å². The van der Waals surface area contributed by atoms with Gasteiger partial charge in [-0.05, 0) is 134 Å². The van der Waals surface area contributed by atoms with E-state index in [1.807, 2.05) is 0 Å². The molecule has 1 aliphatic heterocycles. The predicted octanol–water partition coefficient (Wildman–Crippen LogP) is 14.4. The average Bonchev–Trinajstić information content (AvgIpc) is 4.03. The summed E-state index contributed by atoms with van der Waals surface area (Å²) in [6.45, 7) is 6.01. The quantitative estimate of drug-likeness (QED) is 0.185. The van der Waals surface area contributed by atoms with Crippen molar-refractivity contribution in [2.24, 2.45) is 0 Å². The van der Waals surface area contributed by atoms with E-state index in [4.69, 9.17) is 4.74 Å². The van der Waals surface area contributed by atoms with Gasteiger partial charge in [0.25, 0.3) is 0 Å². The van der Waals surface area contributed by atoms with Crippen molar-refractivity contribution in [3.8, 4) is 89.0 Å². The van der Waals surface area contributed by atoms with Crippen LogP contribution in [0.4, 0.5) is 4.79 Å². The van der Waals surface area contributed by atoms with Gasteiger partial charge < -0.3 is 9.84 Å². The fraction of sp³-hybridized carbons (Fsp3) is 0.161. The molecule has 0 saturated carbocycles. The first-order chi connectivity index (χ1) is 33.9. The number of aliphatic carboxylic acids is 1. The van der Waals surface area contributed by atoms with E-state index in [2.05, 4.69) is 198 Å². The van der Waals surface area contributed by atoms with E-state index in [9.17, 15) is 14.7 Å². The molecule has 1 amide bonds. The van der Waals surface area contributed by atoms with Gasteiger partial charge in [0.05, 0.1) is 12.2 Å². The molecule has 32 rings (SSSR count). The molecule has 8 nitrogen and oxygen atoms in total. The number of rotatable bonds is 5. The smallest absolute Gasteiger partial charge is 0.411 e. The monoisotopic (exact) mass is 916 g/mol. The molecule has 0 radical (unpaired) electrons. The highest BCUT2D eigenvalue weighted by molar-refractivity contribution is 5.86. The summed E-state index contributed by atoms with van der Waals surface area (Å²) < 4.78 is 7.41. The second-order valence-corrected chi connectivity index (χ2v) is 19.6. The Morgan fingerprint density at radius 2 is 0.871 bits per heavy atom.